The van der Waals surface area contributed by atoms with E-state index in [1.165, 1.54) is 12.1 Å². The quantitative estimate of drug-likeness (QED) is 0.668. The topological polar surface area (TPSA) is 72.2 Å². The third kappa shape index (κ3) is 3.71. The first-order chi connectivity index (χ1) is 9.70. The number of aryl methyl sites for hydroxylation is 1. The molecule has 0 amide bonds. The molecule has 4 nitrogen and oxygen atoms in total. The first kappa shape index (κ1) is 16.6. The Morgan fingerprint density at radius 2 is 1.86 bits per heavy atom. The van der Waals surface area contributed by atoms with Crippen molar-refractivity contribution in [2.75, 3.05) is 10.5 Å². The lowest BCUT2D eigenvalue weighted by Gasteiger charge is -2.13. The van der Waals surface area contributed by atoms with Crippen molar-refractivity contribution >= 4 is 64.9 Å². The molecule has 2 aromatic rings. The third-order valence-electron chi connectivity index (χ3n) is 2.75. The summed E-state index contributed by atoms with van der Waals surface area (Å²) in [5.74, 6) is 0. The normalized spacial score (nSPS) is 11.4. The number of hydrogen-bond donors (Lipinski definition) is 2. The maximum atomic E-state index is 12.4. The highest BCUT2D eigenvalue weighted by molar-refractivity contribution is 9.10. The number of benzene rings is 2. The molecule has 2 aromatic carbocycles. The molecule has 2 rings (SSSR count). The summed E-state index contributed by atoms with van der Waals surface area (Å²) in [6.07, 6.45) is 0. The fraction of sp³-hybridized carbons (Fsp3) is 0.0769. The second-order valence-electron chi connectivity index (χ2n) is 4.37. The van der Waals surface area contributed by atoms with Crippen LogP contribution in [0.2, 0.25) is 5.02 Å². The molecule has 0 aliphatic rings. The van der Waals surface area contributed by atoms with Gasteiger partial charge in [0, 0.05) is 14.0 Å². The Balaban J connectivity index is 2.45. The Hall–Kier alpha value is -0.760. The maximum absolute atomic E-state index is 12.4. The molecule has 0 spiro atoms. The largest absolute Gasteiger partial charge is 0.398 e. The van der Waals surface area contributed by atoms with E-state index < -0.39 is 10.0 Å². The molecular weight excluding hydrogens is 443 g/mol. The number of nitrogens with two attached hydrogens (primary N) is 1. The molecule has 0 fully saturated rings. The average molecular weight is 455 g/mol. The molecule has 0 bridgehead atoms. The van der Waals surface area contributed by atoms with Crippen LogP contribution in [-0.4, -0.2) is 8.42 Å². The van der Waals surface area contributed by atoms with Gasteiger partial charge in [0.25, 0.3) is 10.0 Å². The van der Waals surface area contributed by atoms with E-state index in [0.29, 0.717) is 19.7 Å². The monoisotopic (exact) mass is 452 g/mol. The molecule has 112 valence electrons. The van der Waals surface area contributed by atoms with Gasteiger partial charge in [0.2, 0.25) is 0 Å². The van der Waals surface area contributed by atoms with Crippen LogP contribution in [0.15, 0.2) is 44.2 Å². The van der Waals surface area contributed by atoms with Gasteiger partial charge in [-0.25, -0.2) is 8.42 Å². The van der Waals surface area contributed by atoms with Gasteiger partial charge in [0.1, 0.15) is 4.90 Å². The van der Waals surface area contributed by atoms with Gasteiger partial charge in [0.15, 0.2) is 0 Å². The van der Waals surface area contributed by atoms with Gasteiger partial charge in [-0.3, -0.25) is 4.72 Å². The Kier molecular flexibility index (Phi) is 4.87. The fourth-order valence-electron chi connectivity index (χ4n) is 1.69. The summed E-state index contributed by atoms with van der Waals surface area (Å²) >= 11 is 12.6. The molecule has 0 heterocycles. The summed E-state index contributed by atoms with van der Waals surface area (Å²) in [5, 5.41) is 0.472. The van der Waals surface area contributed by atoms with Crippen molar-refractivity contribution in [3.63, 3.8) is 0 Å². The summed E-state index contributed by atoms with van der Waals surface area (Å²) < 4.78 is 28.6. The predicted octanol–water partition coefficient (Wildman–Crippen LogP) is 4.56. The highest BCUT2D eigenvalue weighted by Gasteiger charge is 2.19. The second kappa shape index (κ2) is 6.16. The van der Waals surface area contributed by atoms with Crippen LogP contribution in [-0.2, 0) is 10.0 Å². The van der Waals surface area contributed by atoms with Crippen molar-refractivity contribution in [3.05, 3.63) is 49.9 Å². The number of sulfonamides is 1. The van der Waals surface area contributed by atoms with Crippen LogP contribution in [0.3, 0.4) is 0 Å². The van der Waals surface area contributed by atoms with Crippen molar-refractivity contribution in [3.8, 4) is 0 Å². The fourth-order valence-corrected chi connectivity index (χ4v) is 4.10. The molecule has 0 radical (unpaired) electrons. The van der Waals surface area contributed by atoms with Crippen molar-refractivity contribution in [2.24, 2.45) is 0 Å². The van der Waals surface area contributed by atoms with Crippen LogP contribution >= 0.6 is 43.5 Å². The average Bonchev–Trinajstić information content (AvgIpc) is 2.35. The minimum absolute atomic E-state index is 0.00861. The molecule has 21 heavy (non-hydrogen) atoms. The van der Waals surface area contributed by atoms with Gasteiger partial charge < -0.3 is 5.73 Å². The molecule has 8 heteroatoms. The summed E-state index contributed by atoms with van der Waals surface area (Å²) in [6.45, 7) is 1.83. The number of nitrogen functional groups attached to an aromatic ring is 1. The summed E-state index contributed by atoms with van der Waals surface area (Å²) in [7, 11) is -3.80. The number of anilines is 2. The molecular formula is C13H11Br2ClN2O2S. The van der Waals surface area contributed by atoms with E-state index in [9.17, 15) is 8.42 Å². The van der Waals surface area contributed by atoms with Crippen molar-refractivity contribution in [1.82, 2.24) is 0 Å². The van der Waals surface area contributed by atoms with E-state index in [4.69, 9.17) is 17.3 Å². The zero-order valence-corrected chi connectivity index (χ0v) is 15.6. The van der Waals surface area contributed by atoms with Crippen LogP contribution in [0.4, 0.5) is 11.4 Å². The molecule has 0 unspecified atom stereocenters. The van der Waals surface area contributed by atoms with Gasteiger partial charge >= 0.3 is 0 Å². The Morgan fingerprint density at radius 3 is 2.48 bits per heavy atom. The van der Waals surface area contributed by atoms with Crippen LogP contribution < -0.4 is 10.5 Å². The number of nitrogens with one attached hydrogen (secondary N) is 1. The van der Waals surface area contributed by atoms with Crippen molar-refractivity contribution in [1.29, 1.82) is 0 Å². The number of rotatable bonds is 3. The SMILES string of the molecule is Cc1cc(Br)c(NS(=O)(=O)c2ccc(Br)cc2N)cc1Cl. The highest BCUT2D eigenvalue weighted by Crippen LogP contribution is 2.32. The molecule has 0 aliphatic carbocycles. The van der Waals surface area contributed by atoms with Gasteiger partial charge in [0.05, 0.1) is 11.4 Å². The van der Waals surface area contributed by atoms with E-state index in [1.54, 1.807) is 18.2 Å². The minimum atomic E-state index is -3.80. The maximum Gasteiger partial charge on any atom is 0.263 e. The first-order valence-electron chi connectivity index (χ1n) is 5.74. The highest BCUT2D eigenvalue weighted by atomic mass is 79.9. The van der Waals surface area contributed by atoms with Gasteiger partial charge in [-0.2, -0.15) is 0 Å². The zero-order valence-electron chi connectivity index (χ0n) is 10.8. The zero-order chi connectivity index (χ0) is 15.8. The van der Waals surface area contributed by atoms with Crippen molar-refractivity contribution < 1.29 is 8.42 Å². The standard InChI is InChI=1S/C13H11Br2ClN2O2S/c1-7-4-9(15)12(6-10(7)16)18-21(19,20)13-3-2-8(14)5-11(13)17/h2-6,18H,17H2,1H3. The molecule has 0 atom stereocenters. The Morgan fingerprint density at radius 1 is 1.19 bits per heavy atom. The van der Waals surface area contributed by atoms with E-state index in [1.807, 2.05) is 6.92 Å². The van der Waals surface area contributed by atoms with E-state index in [0.717, 1.165) is 5.56 Å². The van der Waals surface area contributed by atoms with Gasteiger partial charge in [-0.15, -0.1) is 0 Å². The summed E-state index contributed by atoms with van der Waals surface area (Å²) in [6, 6.07) is 7.87. The number of hydrogen-bond acceptors (Lipinski definition) is 3. The van der Waals surface area contributed by atoms with Gasteiger partial charge in [-0.05, 0) is 58.7 Å². The predicted molar refractivity (Wildman–Crippen MR) is 93.3 cm³/mol. The van der Waals surface area contributed by atoms with Crippen LogP contribution in [0.25, 0.3) is 0 Å². The van der Waals surface area contributed by atoms with E-state index in [2.05, 4.69) is 36.6 Å². The summed E-state index contributed by atoms with van der Waals surface area (Å²) in [5.41, 5.74) is 7.12. The Labute approximate surface area is 145 Å². The third-order valence-corrected chi connectivity index (χ3v) is 5.75. The van der Waals surface area contributed by atoms with Crippen LogP contribution in [0.1, 0.15) is 5.56 Å². The molecule has 0 aromatic heterocycles. The molecule has 0 saturated carbocycles. The lowest BCUT2D eigenvalue weighted by molar-refractivity contribution is 0.601. The van der Waals surface area contributed by atoms with E-state index >= 15 is 0 Å². The van der Waals surface area contributed by atoms with Crippen molar-refractivity contribution in [2.45, 2.75) is 11.8 Å². The summed E-state index contributed by atoms with van der Waals surface area (Å²) in [4.78, 5) is 0.00861. The van der Waals surface area contributed by atoms with E-state index in [-0.39, 0.29) is 10.6 Å². The second-order valence-corrected chi connectivity index (χ2v) is 8.20. The van der Waals surface area contributed by atoms with Crippen LogP contribution in [0.5, 0.6) is 0 Å². The smallest absolute Gasteiger partial charge is 0.263 e. The van der Waals surface area contributed by atoms with Crippen LogP contribution in [0, 0.1) is 6.92 Å². The Bertz CT molecular complexity index is 810. The lowest BCUT2D eigenvalue weighted by atomic mass is 10.2. The molecule has 0 saturated heterocycles. The first-order valence-corrected chi connectivity index (χ1v) is 9.19. The van der Waals surface area contributed by atoms with Gasteiger partial charge in [-0.1, -0.05) is 27.5 Å². The lowest BCUT2D eigenvalue weighted by Crippen LogP contribution is -2.15. The molecule has 0 aliphatic heterocycles. The minimum Gasteiger partial charge on any atom is -0.398 e. The molecule has 3 N–H and O–H groups in total. The number of halogens is 3.